The van der Waals surface area contributed by atoms with E-state index in [1.807, 2.05) is 13.8 Å². The molecule has 0 spiro atoms. The molecule has 0 N–H and O–H groups in total. The van der Waals surface area contributed by atoms with Crippen molar-refractivity contribution in [3.8, 4) is 0 Å². The Morgan fingerprint density at radius 1 is 1.32 bits per heavy atom. The molecule has 110 valence electrons. The molecule has 0 aromatic rings. The maximum Gasteiger partial charge on any atom is 0.161 e. The third-order valence-corrected chi connectivity index (χ3v) is 6.42. The third-order valence-electron chi connectivity index (χ3n) is 6.42. The van der Waals surface area contributed by atoms with Crippen LogP contribution in [0.4, 0.5) is 0 Å². The van der Waals surface area contributed by atoms with Crippen LogP contribution in [-0.4, -0.2) is 25.3 Å². The van der Waals surface area contributed by atoms with Crippen LogP contribution in [0.3, 0.4) is 0 Å². The second-order valence-electron chi connectivity index (χ2n) is 7.33. The van der Waals surface area contributed by atoms with Crippen molar-refractivity contribution in [2.24, 2.45) is 22.7 Å². The molecule has 6 unspecified atom stereocenters. The highest BCUT2D eigenvalue weighted by molar-refractivity contribution is 5.16. The summed E-state index contributed by atoms with van der Waals surface area (Å²) in [5.41, 5.74) is 0.744. The summed E-state index contributed by atoms with van der Waals surface area (Å²) in [5, 5.41) is 0. The molecular formula is C16H28O3. The average Bonchev–Trinajstić information content (AvgIpc) is 2.86. The van der Waals surface area contributed by atoms with Crippen LogP contribution in [0.2, 0.25) is 0 Å². The maximum atomic E-state index is 6.27. The summed E-state index contributed by atoms with van der Waals surface area (Å²) in [6.07, 6.45) is 3.88. The minimum absolute atomic E-state index is 0.0624. The highest BCUT2D eigenvalue weighted by Gasteiger charge is 2.69. The minimum Gasteiger partial charge on any atom is -0.353 e. The van der Waals surface area contributed by atoms with Gasteiger partial charge in [0.1, 0.15) is 0 Å². The quantitative estimate of drug-likeness (QED) is 0.729. The molecule has 1 heterocycles. The molecule has 6 atom stereocenters. The van der Waals surface area contributed by atoms with Crippen molar-refractivity contribution >= 4 is 0 Å². The van der Waals surface area contributed by atoms with E-state index in [0.717, 1.165) is 12.3 Å². The number of hydrogen-bond acceptors (Lipinski definition) is 3. The zero-order valence-electron chi connectivity index (χ0n) is 12.9. The molecule has 3 aliphatic rings. The first kappa shape index (κ1) is 13.8. The third kappa shape index (κ3) is 1.81. The predicted molar refractivity (Wildman–Crippen MR) is 73.6 cm³/mol. The van der Waals surface area contributed by atoms with E-state index >= 15 is 0 Å². The molecule has 2 saturated carbocycles. The summed E-state index contributed by atoms with van der Waals surface area (Å²) < 4.78 is 17.6. The van der Waals surface area contributed by atoms with E-state index < -0.39 is 0 Å². The fourth-order valence-corrected chi connectivity index (χ4v) is 5.06. The Morgan fingerprint density at radius 3 is 2.68 bits per heavy atom. The van der Waals surface area contributed by atoms with E-state index in [0.29, 0.717) is 29.5 Å². The molecule has 0 radical (unpaired) electrons. The van der Waals surface area contributed by atoms with Gasteiger partial charge in [-0.2, -0.15) is 0 Å². The lowest BCUT2D eigenvalue weighted by Crippen LogP contribution is -2.38. The van der Waals surface area contributed by atoms with E-state index in [4.69, 9.17) is 14.2 Å². The van der Waals surface area contributed by atoms with Crippen molar-refractivity contribution in [1.29, 1.82) is 0 Å². The molecule has 3 rings (SSSR count). The first-order valence-corrected chi connectivity index (χ1v) is 7.82. The SMILES string of the molecule is CCOC(C)OC1CC2C3CCC(C)(C2O1)C3(C)C. The van der Waals surface area contributed by atoms with Crippen LogP contribution in [0.1, 0.15) is 53.9 Å². The molecule has 3 nitrogen and oxygen atoms in total. The van der Waals surface area contributed by atoms with Crippen LogP contribution < -0.4 is 0 Å². The number of ether oxygens (including phenoxy) is 3. The Morgan fingerprint density at radius 2 is 2.05 bits per heavy atom. The number of rotatable bonds is 4. The molecular weight excluding hydrogens is 240 g/mol. The smallest absolute Gasteiger partial charge is 0.161 e. The van der Waals surface area contributed by atoms with Crippen molar-refractivity contribution < 1.29 is 14.2 Å². The van der Waals surface area contributed by atoms with Gasteiger partial charge in [-0.05, 0) is 49.4 Å². The average molecular weight is 268 g/mol. The molecule has 0 aromatic heterocycles. The molecule has 0 aromatic carbocycles. The maximum absolute atomic E-state index is 6.27. The van der Waals surface area contributed by atoms with Gasteiger partial charge in [0.25, 0.3) is 0 Å². The number of fused-ring (bicyclic) bond motifs is 5. The lowest BCUT2D eigenvalue weighted by Gasteiger charge is -2.38. The molecule has 19 heavy (non-hydrogen) atoms. The van der Waals surface area contributed by atoms with Crippen molar-refractivity contribution in [3.05, 3.63) is 0 Å². The Bertz CT molecular complexity index is 354. The van der Waals surface area contributed by atoms with Gasteiger partial charge in [-0.25, -0.2) is 0 Å². The first-order valence-electron chi connectivity index (χ1n) is 7.82. The highest BCUT2D eigenvalue weighted by Crippen LogP contribution is 2.71. The topological polar surface area (TPSA) is 27.7 Å². The fraction of sp³-hybridized carbons (Fsp3) is 1.00. The monoisotopic (exact) mass is 268 g/mol. The largest absolute Gasteiger partial charge is 0.353 e. The Labute approximate surface area is 117 Å². The van der Waals surface area contributed by atoms with Gasteiger partial charge in [-0.1, -0.05) is 20.8 Å². The lowest BCUT2D eigenvalue weighted by atomic mass is 9.70. The first-order chi connectivity index (χ1) is 8.90. The van der Waals surface area contributed by atoms with Crippen molar-refractivity contribution in [1.82, 2.24) is 0 Å². The summed E-state index contributed by atoms with van der Waals surface area (Å²) in [6.45, 7) is 11.9. The van der Waals surface area contributed by atoms with Crippen molar-refractivity contribution in [2.45, 2.75) is 72.6 Å². The van der Waals surface area contributed by atoms with Gasteiger partial charge >= 0.3 is 0 Å². The van der Waals surface area contributed by atoms with E-state index in [-0.39, 0.29) is 12.6 Å². The van der Waals surface area contributed by atoms with Gasteiger partial charge in [0.15, 0.2) is 12.6 Å². The molecule has 3 fully saturated rings. The van der Waals surface area contributed by atoms with Crippen molar-refractivity contribution in [3.63, 3.8) is 0 Å². The zero-order valence-corrected chi connectivity index (χ0v) is 12.9. The second-order valence-corrected chi connectivity index (χ2v) is 7.33. The van der Waals surface area contributed by atoms with Crippen LogP contribution >= 0.6 is 0 Å². The van der Waals surface area contributed by atoms with Gasteiger partial charge in [-0.3, -0.25) is 0 Å². The normalized spacial score (nSPS) is 48.5. The van der Waals surface area contributed by atoms with Gasteiger partial charge in [0.2, 0.25) is 0 Å². The molecule has 0 amide bonds. The Balaban J connectivity index is 1.68. The summed E-state index contributed by atoms with van der Waals surface area (Å²) in [5.74, 6) is 1.49. The zero-order chi connectivity index (χ0) is 13.8. The molecule has 2 aliphatic carbocycles. The van der Waals surface area contributed by atoms with Gasteiger partial charge in [0, 0.05) is 13.0 Å². The predicted octanol–water partition coefficient (Wildman–Crippen LogP) is 3.57. The minimum atomic E-state index is -0.160. The number of hydrogen-bond donors (Lipinski definition) is 0. The van der Waals surface area contributed by atoms with Gasteiger partial charge in [0.05, 0.1) is 6.10 Å². The molecule has 3 heteroatoms. The van der Waals surface area contributed by atoms with Gasteiger partial charge in [-0.15, -0.1) is 0 Å². The summed E-state index contributed by atoms with van der Waals surface area (Å²) in [7, 11) is 0. The van der Waals surface area contributed by atoms with E-state index in [1.54, 1.807) is 0 Å². The Kier molecular flexibility index (Phi) is 3.23. The summed E-state index contributed by atoms with van der Waals surface area (Å²) >= 11 is 0. The highest BCUT2D eigenvalue weighted by atomic mass is 16.8. The summed E-state index contributed by atoms with van der Waals surface area (Å²) in [4.78, 5) is 0. The van der Waals surface area contributed by atoms with Crippen LogP contribution in [-0.2, 0) is 14.2 Å². The van der Waals surface area contributed by atoms with E-state index in [1.165, 1.54) is 12.8 Å². The van der Waals surface area contributed by atoms with Crippen LogP contribution in [0.5, 0.6) is 0 Å². The molecule has 1 saturated heterocycles. The van der Waals surface area contributed by atoms with Crippen LogP contribution in [0.25, 0.3) is 0 Å². The van der Waals surface area contributed by atoms with Crippen LogP contribution in [0, 0.1) is 22.7 Å². The molecule has 2 bridgehead atoms. The van der Waals surface area contributed by atoms with E-state index in [9.17, 15) is 0 Å². The Hall–Kier alpha value is -0.120. The standard InChI is InChI=1S/C16H28O3/c1-6-17-10(2)18-13-9-11-12-7-8-16(5,14(11)19-13)15(12,3)4/h10-14H,6-9H2,1-5H3. The van der Waals surface area contributed by atoms with Gasteiger partial charge < -0.3 is 14.2 Å². The van der Waals surface area contributed by atoms with E-state index in [2.05, 4.69) is 20.8 Å². The lowest BCUT2D eigenvalue weighted by molar-refractivity contribution is -0.241. The second kappa shape index (κ2) is 4.44. The molecule has 1 aliphatic heterocycles. The van der Waals surface area contributed by atoms with Crippen molar-refractivity contribution in [2.75, 3.05) is 6.61 Å². The fourth-order valence-electron chi connectivity index (χ4n) is 5.06. The summed E-state index contributed by atoms with van der Waals surface area (Å²) in [6, 6.07) is 0. The van der Waals surface area contributed by atoms with Crippen LogP contribution in [0.15, 0.2) is 0 Å².